The molecule has 2 saturated heterocycles. The van der Waals surface area contributed by atoms with Crippen molar-refractivity contribution in [1.82, 2.24) is 40.5 Å². The number of halogens is 3. The maximum atomic E-state index is 14.1. The standard InChI is InChI=1S/C23H33ClFN7O3.C14H21ClN4O3/c1-13(2)30-17-9-19(27-10-15(17)21(33)28-12-18(25)23(3,4)34)31-20-16(24)11-29-22(32-20)35-14-5-7-26-8-6-14;1-14(2,3)22-13(20)19-6-4-9(5-7-19)21-12-17-8-10(15)11(16)18-12/h9-11,13-14,18,26,34H,5-8,12H2,1-4H3,(H,28,33)(H2,27,29,30,31,32);8-9H,4-7H2,1-3H3,(H2,16,17,18)/t18-;/m1./s1. The molecule has 7 N–H and O–H groups in total. The zero-order valence-corrected chi connectivity index (χ0v) is 34.9. The number of aromatic nitrogens is 5. The number of rotatable bonds is 12. The van der Waals surface area contributed by atoms with Gasteiger partial charge in [-0.2, -0.15) is 9.97 Å². The van der Waals surface area contributed by atoms with Gasteiger partial charge in [0.15, 0.2) is 5.82 Å². The van der Waals surface area contributed by atoms with Gasteiger partial charge in [0.2, 0.25) is 0 Å². The first-order valence-electron chi connectivity index (χ1n) is 18.8. The summed E-state index contributed by atoms with van der Waals surface area (Å²) in [4.78, 5) is 47.2. The fourth-order valence-corrected chi connectivity index (χ4v) is 5.62. The number of piperidine rings is 2. The summed E-state index contributed by atoms with van der Waals surface area (Å²) in [6.07, 6.45) is 5.40. The Morgan fingerprint density at radius 3 is 2.14 bits per heavy atom. The maximum Gasteiger partial charge on any atom is 0.410 e. The van der Waals surface area contributed by atoms with Crippen LogP contribution in [0.15, 0.2) is 24.7 Å². The number of pyridine rings is 1. The Kier molecular flexibility index (Phi) is 16.1. The molecule has 2 fully saturated rings. The molecule has 0 bridgehead atoms. The summed E-state index contributed by atoms with van der Waals surface area (Å²) in [7, 11) is 0. The van der Waals surface area contributed by atoms with Gasteiger partial charge in [0.1, 0.15) is 45.7 Å². The number of carbonyl (C=O) groups is 2. The van der Waals surface area contributed by atoms with E-state index < -0.39 is 23.3 Å². The average Bonchev–Trinajstić information content (AvgIpc) is 3.13. The quantitative estimate of drug-likeness (QED) is 0.132. The van der Waals surface area contributed by atoms with E-state index in [4.69, 9.17) is 43.1 Å². The van der Waals surface area contributed by atoms with Crippen molar-refractivity contribution in [3.63, 3.8) is 0 Å². The lowest BCUT2D eigenvalue weighted by molar-refractivity contribution is -0.00180. The summed E-state index contributed by atoms with van der Waals surface area (Å²) in [6.45, 7) is 14.7. The van der Waals surface area contributed by atoms with Crippen molar-refractivity contribution in [3.8, 4) is 12.0 Å². The molecule has 5 rings (SSSR count). The molecule has 3 aromatic rings. The third kappa shape index (κ3) is 14.7. The summed E-state index contributed by atoms with van der Waals surface area (Å²) >= 11 is 12.1. The lowest BCUT2D eigenvalue weighted by Crippen LogP contribution is -2.44. The average molecular weight is 839 g/mol. The minimum atomic E-state index is -1.62. The molecule has 314 valence electrons. The van der Waals surface area contributed by atoms with Crippen LogP contribution in [-0.2, 0) is 4.74 Å². The fraction of sp³-hybridized carbons (Fsp3) is 0.595. The Morgan fingerprint density at radius 2 is 1.56 bits per heavy atom. The van der Waals surface area contributed by atoms with E-state index in [2.05, 4.69) is 46.2 Å². The van der Waals surface area contributed by atoms with E-state index in [0.29, 0.717) is 48.3 Å². The third-order valence-electron chi connectivity index (χ3n) is 8.44. The number of anilines is 4. The van der Waals surface area contributed by atoms with Gasteiger partial charge in [-0.25, -0.2) is 24.1 Å². The minimum Gasteiger partial charge on any atom is -0.460 e. The number of alkyl halides is 1. The van der Waals surface area contributed by atoms with E-state index >= 15 is 0 Å². The number of carbonyl (C=O) groups excluding carboxylic acids is 2. The molecule has 3 aromatic heterocycles. The van der Waals surface area contributed by atoms with E-state index in [9.17, 15) is 19.1 Å². The zero-order chi connectivity index (χ0) is 41.9. The second-order valence-corrected chi connectivity index (χ2v) is 16.3. The van der Waals surface area contributed by atoms with Crippen molar-refractivity contribution in [2.24, 2.45) is 0 Å². The van der Waals surface area contributed by atoms with Crippen molar-refractivity contribution in [3.05, 3.63) is 40.3 Å². The van der Waals surface area contributed by atoms with E-state index in [-0.39, 0.29) is 59.3 Å². The highest BCUT2D eigenvalue weighted by molar-refractivity contribution is 6.33. The molecule has 0 unspecified atom stereocenters. The van der Waals surface area contributed by atoms with Gasteiger partial charge in [-0.3, -0.25) is 4.79 Å². The predicted molar refractivity (Wildman–Crippen MR) is 216 cm³/mol. The third-order valence-corrected chi connectivity index (χ3v) is 9.01. The number of amides is 2. The van der Waals surface area contributed by atoms with Gasteiger partial charge in [-0.05, 0) is 74.4 Å². The Morgan fingerprint density at radius 1 is 0.965 bits per heavy atom. The summed E-state index contributed by atoms with van der Waals surface area (Å²) < 4.78 is 31.0. The summed E-state index contributed by atoms with van der Waals surface area (Å²) in [5.41, 5.74) is 4.29. The summed E-state index contributed by atoms with van der Waals surface area (Å²) in [5, 5.41) is 22.4. The predicted octanol–water partition coefficient (Wildman–Crippen LogP) is 5.55. The first-order chi connectivity index (χ1) is 26.8. The van der Waals surface area contributed by atoms with E-state index in [1.165, 1.54) is 32.4 Å². The molecule has 0 aliphatic carbocycles. The van der Waals surface area contributed by atoms with Gasteiger partial charge < -0.3 is 51.2 Å². The van der Waals surface area contributed by atoms with Crippen LogP contribution in [0.3, 0.4) is 0 Å². The number of nitrogens with one attached hydrogen (secondary N) is 4. The van der Waals surface area contributed by atoms with E-state index in [0.717, 1.165) is 25.9 Å². The highest BCUT2D eigenvalue weighted by Gasteiger charge is 2.29. The van der Waals surface area contributed by atoms with Crippen molar-refractivity contribution in [1.29, 1.82) is 0 Å². The molecule has 2 aliphatic rings. The smallest absolute Gasteiger partial charge is 0.410 e. The van der Waals surface area contributed by atoms with Crippen molar-refractivity contribution >= 4 is 58.3 Å². The molecule has 0 aromatic carbocycles. The molecule has 0 radical (unpaired) electrons. The molecule has 2 aliphatic heterocycles. The highest BCUT2D eigenvalue weighted by Crippen LogP contribution is 2.28. The summed E-state index contributed by atoms with van der Waals surface area (Å²) in [6, 6.07) is 2.07. The largest absolute Gasteiger partial charge is 0.460 e. The van der Waals surface area contributed by atoms with Crippen molar-refractivity contribution < 1.29 is 33.3 Å². The summed E-state index contributed by atoms with van der Waals surface area (Å²) in [5.74, 6) is 0.379. The van der Waals surface area contributed by atoms with Crippen LogP contribution in [-0.4, -0.2) is 115 Å². The maximum absolute atomic E-state index is 14.1. The molecule has 17 nitrogen and oxygen atoms in total. The molecular formula is C37H54Cl2FN11O6. The van der Waals surface area contributed by atoms with Crippen LogP contribution in [0.25, 0.3) is 0 Å². The second-order valence-electron chi connectivity index (χ2n) is 15.5. The Labute approximate surface area is 342 Å². The van der Waals surface area contributed by atoms with Gasteiger partial charge in [0, 0.05) is 44.2 Å². The molecule has 0 saturated carbocycles. The highest BCUT2D eigenvalue weighted by atomic mass is 35.5. The molecule has 1 atom stereocenters. The second kappa shape index (κ2) is 20.3. The number of hydrogen-bond donors (Lipinski definition) is 6. The fourth-order valence-electron chi connectivity index (χ4n) is 5.39. The molecule has 0 spiro atoms. The van der Waals surface area contributed by atoms with Gasteiger partial charge >= 0.3 is 18.1 Å². The number of likely N-dealkylation sites (tertiary alicyclic amines) is 1. The van der Waals surface area contributed by atoms with Crippen molar-refractivity contribution in [2.75, 3.05) is 49.1 Å². The lowest BCUT2D eigenvalue weighted by atomic mass is 10.0. The van der Waals surface area contributed by atoms with E-state index in [1.54, 1.807) is 11.0 Å². The van der Waals surface area contributed by atoms with Gasteiger partial charge in [0.25, 0.3) is 5.91 Å². The minimum absolute atomic E-state index is 0.00900. The Hall–Kier alpha value is -4.52. The Bertz CT molecular complexity index is 1800. The molecular weight excluding hydrogens is 784 g/mol. The zero-order valence-electron chi connectivity index (χ0n) is 33.4. The number of aliphatic hydroxyl groups is 1. The van der Waals surface area contributed by atoms with Crippen LogP contribution in [0.1, 0.15) is 84.5 Å². The van der Waals surface area contributed by atoms with E-state index in [1.807, 2.05) is 34.6 Å². The van der Waals surface area contributed by atoms with Gasteiger partial charge in [-0.15, -0.1) is 0 Å². The number of nitrogens with zero attached hydrogens (tertiary/aromatic N) is 6. The SMILES string of the molecule is CC(C)(C)OC(=O)N1CCC(Oc2ncc(Cl)c(N)n2)CC1.CC(C)Nc1cc(Nc2nc(OC3CCNCC3)ncc2Cl)ncc1C(=O)NC[C@@H](F)C(C)(C)O. The van der Waals surface area contributed by atoms with Crippen LogP contribution in [0.2, 0.25) is 10.0 Å². The number of hydrogen-bond acceptors (Lipinski definition) is 15. The number of nitrogen functional groups attached to an aromatic ring is 1. The molecule has 57 heavy (non-hydrogen) atoms. The van der Waals surface area contributed by atoms with Crippen molar-refractivity contribution in [2.45, 2.75) is 110 Å². The molecule has 5 heterocycles. The first kappa shape index (κ1) is 45.2. The molecule has 2 amide bonds. The monoisotopic (exact) mass is 837 g/mol. The lowest BCUT2D eigenvalue weighted by Gasteiger charge is -2.33. The van der Waals surface area contributed by atoms with Crippen LogP contribution in [0.4, 0.5) is 32.3 Å². The Balaban J connectivity index is 0.000000281. The van der Waals surface area contributed by atoms with Crippen LogP contribution >= 0.6 is 23.2 Å². The number of ether oxygens (including phenoxy) is 3. The van der Waals surface area contributed by atoms with Gasteiger partial charge in [0.05, 0.1) is 35.8 Å². The van der Waals surface area contributed by atoms with Crippen LogP contribution < -0.4 is 36.5 Å². The molecule has 20 heteroatoms. The van der Waals surface area contributed by atoms with Crippen LogP contribution in [0, 0.1) is 0 Å². The normalized spacial score (nSPS) is 15.9. The number of nitrogens with two attached hydrogens (primary N) is 1. The van der Waals surface area contributed by atoms with Crippen LogP contribution in [0.5, 0.6) is 12.0 Å². The first-order valence-corrected chi connectivity index (χ1v) is 19.5. The van der Waals surface area contributed by atoms with Gasteiger partial charge in [-0.1, -0.05) is 23.2 Å². The topological polar surface area (TPSA) is 224 Å².